The molecule has 9 heteroatoms. The second kappa shape index (κ2) is 6.39. The highest BCUT2D eigenvalue weighted by atomic mass is 19.4. The highest BCUT2D eigenvalue weighted by Gasteiger charge is 2.35. The summed E-state index contributed by atoms with van der Waals surface area (Å²) in [5, 5.41) is 8.65. The average Bonchev–Trinajstić information content (AvgIpc) is 2.35. The van der Waals surface area contributed by atoms with Crippen LogP contribution in [0.2, 0.25) is 0 Å². The lowest BCUT2D eigenvalue weighted by Crippen LogP contribution is -2.21. The predicted molar refractivity (Wildman–Crippen MR) is 58.8 cm³/mol. The van der Waals surface area contributed by atoms with Crippen LogP contribution in [0.1, 0.15) is 34.8 Å². The predicted octanol–water partition coefficient (Wildman–Crippen LogP) is 3.57. The zero-order chi connectivity index (χ0) is 16.2. The van der Waals surface area contributed by atoms with Crippen molar-refractivity contribution in [2.24, 2.45) is 0 Å². The van der Waals surface area contributed by atoms with Gasteiger partial charge in [-0.1, -0.05) is 0 Å². The number of nitriles is 1. The Morgan fingerprint density at radius 3 is 2.43 bits per heavy atom. The van der Waals surface area contributed by atoms with E-state index in [2.05, 4.69) is 9.47 Å². The van der Waals surface area contributed by atoms with Gasteiger partial charge < -0.3 is 9.47 Å². The molecular formula is C12H8F5NO3. The Morgan fingerprint density at radius 1 is 1.38 bits per heavy atom. The fraction of sp³-hybridized carbons (Fsp3) is 0.333. The molecule has 1 aromatic carbocycles. The third-order valence-electron chi connectivity index (χ3n) is 2.20. The second-order valence-electron chi connectivity index (χ2n) is 3.62. The Bertz CT molecular complexity index is 577. The van der Waals surface area contributed by atoms with Gasteiger partial charge >= 0.3 is 12.3 Å². The molecule has 0 radical (unpaired) electrons. The normalized spacial score (nSPS) is 11.1. The molecule has 0 aromatic heterocycles. The van der Waals surface area contributed by atoms with Crippen molar-refractivity contribution in [2.45, 2.75) is 19.7 Å². The summed E-state index contributed by atoms with van der Waals surface area (Å²) in [6.45, 7) is 1.13. The number of nitrogens with zero attached hydrogens (tertiary/aromatic N) is 1. The van der Waals surface area contributed by atoms with E-state index in [4.69, 9.17) is 5.26 Å². The second-order valence-corrected chi connectivity index (χ2v) is 3.62. The Balaban J connectivity index is 3.53. The van der Waals surface area contributed by atoms with Crippen molar-refractivity contribution in [3.63, 3.8) is 0 Å². The Morgan fingerprint density at radius 2 is 2.00 bits per heavy atom. The number of ether oxygens (including phenoxy) is 2. The first-order chi connectivity index (χ1) is 9.69. The van der Waals surface area contributed by atoms with Crippen molar-refractivity contribution in [1.29, 1.82) is 5.26 Å². The van der Waals surface area contributed by atoms with E-state index in [0.717, 1.165) is 0 Å². The first-order valence-corrected chi connectivity index (χ1v) is 5.48. The van der Waals surface area contributed by atoms with Crippen LogP contribution in [-0.4, -0.2) is 18.9 Å². The number of halogens is 5. The molecule has 0 aliphatic rings. The summed E-state index contributed by atoms with van der Waals surface area (Å²) in [6, 6.07) is 2.57. The van der Waals surface area contributed by atoms with Gasteiger partial charge in [0.1, 0.15) is 11.3 Å². The van der Waals surface area contributed by atoms with E-state index in [1.165, 1.54) is 13.0 Å². The van der Waals surface area contributed by atoms with Crippen molar-refractivity contribution >= 4 is 5.97 Å². The zero-order valence-corrected chi connectivity index (χ0v) is 10.5. The Labute approximate surface area is 115 Å². The van der Waals surface area contributed by atoms with Gasteiger partial charge in [-0.05, 0) is 19.1 Å². The van der Waals surface area contributed by atoms with Gasteiger partial charge in [0.15, 0.2) is 0 Å². The third-order valence-corrected chi connectivity index (χ3v) is 2.20. The molecule has 0 saturated heterocycles. The minimum atomic E-state index is -5.21. The van der Waals surface area contributed by atoms with Crippen molar-refractivity contribution in [2.75, 3.05) is 6.61 Å². The molecule has 1 rings (SSSR count). The van der Waals surface area contributed by atoms with E-state index < -0.39 is 41.2 Å². The van der Waals surface area contributed by atoms with Crippen LogP contribution in [0, 0.1) is 11.3 Å². The van der Waals surface area contributed by atoms with E-state index in [0.29, 0.717) is 12.1 Å². The van der Waals surface area contributed by atoms with E-state index in [-0.39, 0.29) is 6.61 Å². The third kappa shape index (κ3) is 4.30. The van der Waals surface area contributed by atoms with E-state index >= 15 is 0 Å². The number of benzene rings is 1. The van der Waals surface area contributed by atoms with Gasteiger partial charge in [-0.25, -0.2) is 13.6 Å². The molecule has 0 aliphatic carbocycles. The number of alkyl halides is 5. The van der Waals surface area contributed by atoms with E-state index in [9.17, 15) is 26.7 Å². The number of carbonyl (C=O) groups is 1. The molecule has 4 nitrogen and oxygen atoms in total. The fourth-order valence-electron chi connectivity index (χ4n) is 1.50. The molecule has 0 spiro atoms. The lowest BCUT2D eigenvalue weighted by Gasteiger charge is -2.16. The minimum absolute atomic E-state index is 0.229. The molecule has 114 valence electrons. The van der Waals surface area contributed by atoms with Crippen LogP contribution in [0.4, 0.5) is 22.0 Å². The van der Waals surface area contributed by atoms with Crippen LogP contribution < -0.4 is 4.74 Å². The molecule has 0 N–H and O–H groups in total. The van der Waals surface area contributed by atoms with Gasteiger partial charge in [0.05, 0.1) is 18.2 Å². The van der Waals surface area contributed by atoms with Crippen LogP contribution in [0.5, 0.6) is 5.75 Å². The monoisotopic (exact) mass is 309 g/mol. The summed E-state index contributed by atoms with van der Waals surface area (Å²) >= 11 is 0. The summed E-state index contributed by atoms with van der Waals surface area (Å²) in [5.74, 6) is -2.59. The van der Waals surface area contributed by atoms with Crippen LogP contribution in [-0.2, 0) is 4.74 Å². The fourth-order valence-corrected chi connectivity index (χ4v) is 1.50. The van der Waals surface area contributed by atoms with E-state index in [1.54, 1.807) is 0 Å². The topological polar surface area (TPSA) is 59.3 Å². The zero-order valence-electron chi connectivity index (χ0n) is 10.5. The maximum Gasteiger partial charge on any atom is 0.573 e. The largest absolute Gasteiger partial charge is 0.573 e. The number of rotatable bonds is 4. The summed E-state index contributed by atoms with van der Waals surface area (Å²) < 4.78 is 70.7. The van der Waals surface area contributed by atoms with Crippen molar-refractivity contribution in [1.82, 2.24) is 0 Å². The number of hydrogen-bond acceptors (Lipinski definition) is 4. The summed E-state index contributed by atoms with van der Waals surface area (Å²) in [4.78, 5) is 11.6. The first kappa shape index (κ1) is 16.7. The highest BCUT2D eigenvalue weighted by Crippen LogP contribution is 2.35. The maximum atomic E-state index is 12.9. The smallest absolute Gasteiger partial charge is 0.462 e. The van der Waals surface area contributed by atoms with Gasteiger partial charge in [0.25, 0.3) is 6.43 Å². The molecule has 0 amide bonds. The SMILES string of the molecule is CCOC(=O)c1c(OC(F)(F)F)cc(C#N)cc1C(F)F. The lowest BCUT2D eigenvalue weighted by molar-refractivity contribution is -0.274. The van der Waals surface area contributed by atoms with Crippen LogP contribution in [0.15, 0.2) is 12.1 Å². The van der Waals surface area contributed by atoms with Gasteiger partial charge in [0.2, 0.25) is 0 Å². The number of hydrogen-bond donors (Lipinski definition) is 0. The van der Waals surface area contributed by atoms with Crippen LogP contribution in [0.25, 0.3) is 0 Å². The minimum Gasteiger partial charge on any atom is -0.462 e. The van der Waals surface area contributed by atoms with Crippen LogP contribution in [0.3, 0.4) is 0 Å². The molecule has 21 heavy (non-hydrogen) atoms. The number of esters is 1. The van der Waals surface area contributed by atoms with Gasteiger partial charge in [0, 0.05) is 5.56 Å². The molecule has 0 fully saturated rings. The highest BCUT2D eigenvalue weighted by molar-refractivity contribution is 5.94. The summed E-state index contributed by atoms with van der Waals surface area (Å²) in [6.07, 6.45) is -8.50. The maximum absolute atomic E-state index is 12.9. The lowest BCUT2D eigenvalue weighted by atomic mass is 10.0. The van der Waals surface area contributed by atoms with Crippen molar-refractivity contribution in [3.05, 3.63) is 28.8 Å². The number of carbonyl (C=O) groups excluding carboxylic acids is 1. The van der Waals surface area contributed by atoms with E-state index in [1.807, 2.05) is 0 Å². The molecule has 0 saturated carbocycles. The molecular weight excluding hydrogens is 301 g/mol. The standard InChI is InChI=1S/C12H8F5NO3/c1-2-20-11(19)9-7(10(13)14)3-6(5-18)4-8(9)21-12(15,16)17/h3-4,10H,2H2,1H3. The molecule has 1 aromatic rings. The molecule has 0 unspecified atom stereocenters. The van der Waals surface area contributed by atoms with Crippen molar-refractivity contribution in [3.8, 4) is 11.8 Å². The summed E-state index contributed by atoms with van der Waals surface area (Å²) in [5.41, 5.74) is -2.62. The molecule has 0 aliphatic heterocycles. The van der Waals surface area contributed by atoms with Crippen LogP contribution >= 0.6 is 0 Å². The van der Waals surface area contributed by atoms with Crippen molar-refractivity contribution < 1.29 is 36.2 Å². The first-order valence-electron chi connectivity index (χ1n) is 5.48. The quantitative estimate of drug-likeness (QED) is 0.630. The van der Waals surface area contributed by atoms with Gasteiger partial charge in [-0.2, -0.15) is 5.26 Å². The average molecular weight is 309 g/mol. The van der Waals surface area contributed by atoms with Gasteiger partial charge in [-0.15, -0.1) is 13.2 Å². The molecule has 0 atom stereocenters. The Hall–Kier alpha value is -2.37. The Kier molecular flexibility index (Phi) is 5.07. The summed E-state index contributed by atoms with van der Waals surface area (Å²) in [7, 11) is 0. The molecule has 0 bridgehead atoms. The molecule has 0 heterocycles. The van der Waals surface area contributed by atoms with Gasteiger partial charge in [-0.3, -0.25) is 0 Å².